The van der Waals surface area contributed by atoms with Crippen LogP contribution >= 0.6 is 23.5 Å². The second-order valence-electron chi connectivity index (χ2n) is 8.02. The molecule has 33 heavy (non-hydrogen) atoms. The Kier molecular flexibility index (Phi) is 6.29. The molecule has 1 N–H and O–H groups in total. The van der Waals surface area contributed by atoms with Crippen LogP contribution in [0.1, 0.15) is 33.1 Å². The zero-order chi connectivity index (χ0) is 22.9. The first-order valence-corrected chi connectivity index (χ1v) is 13.1. The van der Waals surface area contributed by atoms with Gasteiger partial charge in [0.2, 0.25) is 11.1 Å². The second kappa shape index (κ2) is 9.34. The number of aromatic nitrogens is 4. The molecule has 1 fully saturated rings. The molecule has 0 bridgehead atoms. The van der Waals surface area contributed by atoms with Gasteiger partial charge in [-0.1, -0.05) is 36.4 Å². The van der Waals surface area contributed by atoms with Gasteiger partial charge in [0.25, 0.3) is 0 Å². The summed E-state index contributed by atoms with van der Waals surface area (Å²) in [5.41, 5.74) is 3.23. The highest BCUT2D eigenvalue weighted by Gasteiger charge is 2.43. The van der Waals surface area contributed by atoms with Crippen LogP contribution in [0, 0.1) is 5.92 Å². The van der Waals surface area contributed by atoms with Crippen molar-refractivity contribution < 1.29 is 14.3 Å². The highest BCUT2D eigenvalue weighted by atomic mass is 32.2. The number of rotatable bonds is 7. The lowest BCUT2D eigenvalue weighted by Crippen LogP contribution is -2.26. The van der Waals surface area contributed by atoms with Crippen LogP contribution in [0.2, 0.25) is 0 Å². The zero-order valence-corrected chi connectivity index (χ0v) is 20.2. The predicted molar refractivity (Wildman–Crippen MR) is 130 cm³/mol. The molecule has 2 aromatic heterocycles. The van der Waals surface area contributed by atoms with Crippen molar-refractivity contribution in [2.24, 2.45) is 5.92 Å². The Balaban J connectivity index is 1.32. The normalized spacial score (nSPS) is 19.9. The number of nitrogens with one attached hydrogen (secondary N) is 1. The van der Waals surface area contributed by atoms with Gasteiger partial charge in [-0.15, -0.1) is 22.0 Å². The van der Waals surface area contributed by atoms with E-state index in [0.29, 0.717) is 27.6 Å². The number of ether oxygens (including phenoxy) is 1. The van der Waals surface area contributed by atoms with Crippen molar-refractivity contribution >= 4 is 57.5 Å². The number of carbonyl (C=O) groups is 2. The minimum Gasteiger partial charge on any atom is -0.463 e. The van der Waals surface area contributed by atoms with Crippen molar-refractivity contribution in [1.82, 2.24) is 25.1 Å². The number of hydrogen-bond donors (Lipinski definition) is 1. The Morgan fingerprint density at radius 3 is 2.91 bits per heavy atom. The Bertz CT molecular complexity index is 1270. The van der Waals surface area contributed by atoms with E-state index in [4.69, 9.17) is 4.74 Å². The molecule has 0 saturated heterocycles. The van der Waals surface area contributed by atoms with Crippen molar-refractivity contribution in [2.75, 3.05) is 12.4 Å². The predicted octanol–water partition coefficient (Wildman–Crippen LogP) is 3.90. The van der Waals surface area contributed by atoms with E-state index in [2.05, 4.69) is 32.0 Å². The van der Waals surface area contributed by atoms with Gasteiger partial charge < -0.3 is 14.6 Å². The first-order chi connectivity index (χ1) is 16.1. The molecule has 3 heterocycles. The zero-order valence-electron chi connectivity index (χ0n) is 18.5. The van der Waals surface area contributed by atoms with Crippen LogP contribution in [0.5, 0.6) is 0 Å². The molecule has 2 atom stereocenters. The molecule has 1 aliphatic heterocycles. The SMILES string of the molecule is CCOC(=O)C1=C(NC(=O)CSc2nnc3c4ccccc4n(CC)c3n2)SC2CCCC12. The third-order valence-corrected chi connectivity index (χ3v) is 8.35. The quantitative estimate of drug-likeness (QED) is 0.399. The number of nitrogens with zero attached hydrogens (tertiary/aromatic N) is 4. The average molecular weight is 484 g/mol. The number of para-hydroxylation sites is 1. The van der Waals surface area contributed by atoms with Crippen LogP contribution in [0.25, 0.3) is 22.1 Å². The number of carbonyl (C=O) groups excluding carboxylic acids is 2. The summed E-state index contributed by atoms with van der Waals surface area (Å²) in [7, 11) is 0. The minimum absolute atomic E-state index is 0.134. The molecule has 3 aromatic rings. The molecular formula is C23H25N5O3S2. The van der Waals surface area contributed by atoms with Gasteiger partial charge >= 0.3 is 5.97 Å². The standard InChI is InChI=1S/C23H25N5O3S2/c1-3-28-15-10-6-5-8-13(15)19-20(28)25-23(27-26-19)32-12-17(29)24-21-18(22(30)31-4-2)14-9-7-11-16(14)33-21/h5-6,8,10,14,16H,3-4,7,9,11-12H2,1-2H3,(H,24,29). The highest BCUT2D eigenvalue weighted by Crippen LogP contribution is 2.49. The Hall–Kier alpha value is -2.59. The first-order valence-electron chi connectivity index (χ1n) is 11.2. The third-order valence-electron chi connectivity index (χ3n) is 6.09. The topological polar surface area (TPSA) is 99.0 Å². The summed E-state index contributed by atoms with van der Waals surface area (Å²) in [6.45, 7) is 4.95. The van der Waals surface area contributed by atoms with Crippen LogP contribution in [0.4, 0.5) is 0 Å². The summed E-state index contributed by atoms with van der Waals surface area (Å²) < 4.78 is 7.37. The molecule has 1 amide bonds. The summed E-state index contributed by atoms with van der Waals surface area (Å²) in [6.07, 6.45) is 3.12. The minimum atomic E-state index is -0.312. The molecule has 5 rings (SSSR count). The van der Waals surface area contributed by atoms with E-state index in [9.17, 15) is 9.59 Å². The van der Waals surface area contributed by atoms with E-state index in [-0.39, 0.29) is 23.5 Å². The summed E-state index contributed by atoms with van der Waals surface area (Å²) >= 11 is 2.83. The van der Waals surface area contributed by atoms with Crippen LogP contribution in [-0.4, -0.2) is 49.2 Å². The Morgan fingerprint density at radius 1 is 1.24 bits per heavy atom. The maximum Gasteiger partial charge on any atom is 0.336 e. The van der Waals surface area contributed by atoms with Gasteiger partial charge in [0.15, 0.2) is 5.65 Å². The Labute approximate surface area is 199 Å². The molecule has 1 saturated carbocycles. The molecule has 8 nitrogen and oxygen atoms in total. The van der Waals surface area contributed by atoms with E-state index in [1.54, 1.807) is 18.7 Å². The smallest absolute Gasteiger partial charge is 0.336 e. The lowest BCUT2D eigenvalue weighted by molar-refractivity contribution is -0.139. The van der Waals surface area contributed by atoms with Gasteiger partial charge in [-0.2, -0.15) is 0 Å². The number of benzene rings is 1. The lowest BCUT2D eigenvalue weighted by atomic mass is 9.98. The number of amides is 1. The Morgan fingerprint density at radius 2 is 2.09 bits per heavy atom. The summed E-state index contributed by atoms with van der Waals surface area (Å²) in [4.78, 5) is 30.0. The van der Waals surface area contributed by atoms with Crippen LogP contribution < -0.4 is 5.32 Å². The number of aryl methyl sites for hydroxylation is 1. The maximum absolute atomic E-state index is 12.7. The highest BCUT2D eigenvalue weighted by molar-refractivity contribution is 8.04. The number of thioether (sulfide) groups is 2. The van der Waals surface area contributed by atoms with E-state index in [1.165, 1.54) is 11.8 Å². The number of esters is 1. The van der Waals surface area contributed by atoms with Gasteiger partial charge in [0.05, 0.1) is 28.5 Å². The van der Waals surface area contributed by atoms with Crippen LogP contribution in [0.3, 0.4) is 0 Å². The molecule has 10 heteroatoms. The average Bonchev–Trinajstić information content (AvgIpc) is 3.48. The van der Waals surface area contributed by atoms with Crippen molar-refractivity contribution in [3.8, 4) is 0 Å². The van der Waals surface area contributed by atoms with Gasteiger partial charge in [0, 0.05) is 23.1 Å². The molecular weight excluding hydrogens is 458 g/mol. The monoisotopic (exact) mass is 483 g/mol. The summed E-state index contributed by atoms with van der Waals surface area (Å²) in [5.74, 6) is -0.200. The van der Waals surface area contributed by atoms with Gasteiger partial charge in [-0.05, 0) is 32.8 Å². The molecule has 1 aromatic carbocycles. The fourth-order valence-electron chi connectivity index (χ4n) is 4.69. The summed E-state index contributed by atoms with van der Waals surface area (Å²) in [6, 6.07) is 8.04. The fraction of sp³-hybridized carbons (Fsp3) is 0.435. The van der Waals surface area contributed by atoms with Crippen LogP contribution in [-0.2, 0) is 20.9 Å². The van der Waals surface area contributed by atoms with Gasteiger partial charge in [0.1, 0.15) is 5.52 Å². The second-order valence-corrected chi connectivity index (χ2v) is 10.2. The van der Waals surface area contributed by atoms with Crippen molar-refractivity contribution in [3.63, 3.8) is 0 Å². The molecule has 1 aliphatic carbocycles. The van der Waals surface area contributed by atoms with E-state index >= 15 is 0 Å². The van der Waals surface area contributed by atoms with Crippen LogP contribution in [0.15, 0.2) is 40.0 Å². The van der Waals surface area contributed by atoms with Gasteiger partial charge in [-0.25, -0.2) is 9.78 Å². The molecule has 172 valence electrons. The molecule has 2 aliphatic rings. The van der Waals surface area contributed by atoms with Gasteiger partial charge in [-0.3, -0.25) is 4.79 Å². The first kappa shape index (κ1) is 22.2. The van der Waals surface area contributed by atoms with Crippen molar-refractivity contribution in [1.29, 1.82) is 0 Å². The van der Waals surface area contributed by atoms with E-state index < -0.39 is 0 Å². The molecule has 0 radical (unpaired) electrons. The number of hydrogen-bond acceptors (Lipinski definition) is 8. The van der Waals surface area contributed by atoms with Crippen molar-refractivity contribution in [2.45, 2.75) is 50.1 Å². The van der Waals surface area contributed by atoms with Crippen molar-refractivity contribution in [3.05, 3.63) is 34.9 Å². The summed E-state index contributed by atoms with van der Waals surface area (Å²) in [5, 5.41) is 14.0. The molecule has 0 spiro atoms. The number of fused-ring (bicyclic) bond motifs is 4. The largest absolute Gasteiger partial charge is 0.463 e. The third kappa shape index (κ3) is 4.10. The molecule has 2 unspecified atom stereocenters. The van der Waals surface area contributed by atoms with E-state index in [0.717, 1.165) is 47.9 Å². The van der Waals surface area contributed by atoms with E-state index in [1.807, 2.05) is 24.3 Å². The maximum atomic E-state index is 12.7. The fourth-order valence-corrected chi connectivity index (χ4v) is 6.83. The lowest BCUT2D eigenvalue weighted by Gasteiger charge is -2.12.